The number of carbonyl (C=O) groups is 1. The van der Waals surface area contributed by atoms with Crippen LogP contribution in [0.25, 0.3) is 0 Å². The van der Waals surface area contributed by atoms with Crippen LogP contribution in [-0.4, -0.2) is 36.5 Å². The van der Waals surface area contributed by atoms with Gasteiger partial charge in [-0.2, -0.15) is 0 Å². The zero-order chi connectivity index (χ0) is 15.8. The summed E-state index contributed by atoms with van der Waals surface area (Å²) < 4.78 is 13.7. The van der Waals surface area contributed by atoms with Gasteiger partial charge in [-0.1, -0.05) is 13.8 Å². The van der Waals surface area contributed by atoms with Gasteiger partial charge in [-0.15, -0.1) is 0 Å². The number of hydrogen-bond acceptors (Lipinski definition) is 3. The molecule has 0 spiro atoms. The molecule has 1 aromatic rings. The van der Waals surface area contributed by atoms with Gasteiger partial charge in [0.2, 0.25) is 0 Å². The summed E-state index contributed by atoms with van der Waals surface area (Å²) in [5, 5.41) is 2.83. The fourth-order valence-corrected chi connectivity index (χ4v) is 2.25. The summed E-state index contributed by atoms with van der Waals surface area (Å²) in [5.41, 5.74) is 5.83. The summed E-state index contributed by atoms with van der Waals surface area (Å²) in [4.78, 5) is 14.3. The van der Waals surface area contributed by atoms with E-state index in [0.717, 1.165) is 32.5 Å². The highest BCUT2D eigenvalue weighted by molar-refractivity contribution is 5.94. The van der Waals surface area contributed by atoms with Crippen molar-refractivity contribution in [2.45, 2.75) is 39.7 Å². The number of halogens is 1. The average Bonchev–Trinajstić information content (AvgIpc) is 2.43. The van der Waals surface area contributed by atoms with Crippen LogP contribution in [0.5, 0.6) is 0 Å². The van der Waals surface area contributed by atoms with Crippen molar-refractivity contribution in [3.63, 3.8) is 0 Å². The zero-order valence-electron chi connectivity index (χ0n) is 13.2. The molecule has 1 amide bonds. The standard InChI is InChI=1S/C16H26FN3O/c1-4-20(5-2)10-6-7-12(3)19-16(21)14-9-8-13(18)11-15(14)17/h8-9,11-12H,4-7,10,18H2,1-3H3,(H,19,21). The van der Waals surface area contributed by atoms with Gasteiger partial charge in [-0.25, -0.2) is 4.39 Å². The van der Waals surface area contributed by atoms with Crippen molar-refractivity contribution in [3.05, 3.63) is 29.6 Å². The van der Waals surface area contributed by atoms with Gasteiger partial charge in [0.15, 0.2) is 0 Å². The third-order valence-corrected chi connectivity index (χ3v) is 3.62. The highest BCUT2D eigenvalue weighted by Crippen LogP contribution is 2.12. The van der Waals surface area contributed by atoms with Crippen molar-refractivity contribution in [3.8, 4) is 0 Å². The topological polar surface area (TPSA) is 58.4 Å². The minimum atomic E-state index is -0.581. The molecule has 118 valence electrons. The van der Waals surface area contributed by atoms with Crippen LogP contribution < -0.4 is 11.1 Å². The van der Waals surface area contributed by atoms with Crippen LogP contribution in [0.15, 0.2) is 18.2 Å². The van der Waals surface area contributed by atoms with E-state index in [1.165, 1.54) is 18.2 Å². The number of hydrogen-bond donors (Lipinski definition) is 2. The van der Waals surface area contributed by atoms with Gasteiger partial charge >= 0.3 is 0 Å². The summed E-state index contributed by atoms with van der Waals surface area (Å²) in [5.74, 6) is -0.967. The second kappa shape index (κ2) is 8.62. The third-order valence-electron chi connectivity index (χ3n) is 3.62. The second-order valence-corrected chi connectivity index (χ2v) is 5.28. The SMILES string of the molecule is CCN(CC)CCCC(C)NC(=O)c1ccc(N)cc1F. The summed E-state index contributed by atoms with van der Waals surface area (Å²) in [7, 11) is 0. The third kappa shape index (κ3) is 5.71. The average molecular weight is 295 g/mol. The first-order valence-corrected chi connectivity index (χ1v) is 7.56. The number of nitrogens with two attached hydrogens (primary N) is 1. The Labute approximate surface area is 126 Å². The van der Waals surface area contributed by atoms with E-state index in [2.05, 4.69) is 24.1 Å². The maximum Gasteiger partial charge on any atom is 0.254 e. The molecule has 4 nitrogen and oxygen atoms in total. The molecule has 1 rings (SSSR count). The number of nitrogens with one attached hydrogen (secondary N) is 1. The van der Waals surface area contributed by atoms with Crippen LogP contribution in [0.4, 0.5) is 10.1 Å². The zero-order valence-corrected chi connectivity index (χ0v) is 13.2. The van der Waals surface area contributed by atoms with Crippen molar-refractivity contribution < 1.29 is 9.18 Å². The molecule has 0 aliphatic rings. The summed E-state index contributed by atoms with van der Waals surface area (Å²) in [6.07, 6.45) is 1.88. The molecule has 0 fully saturated rings. The van der Waals surface area contributed by atoms with Gasteiger partial charge < -0.3 is 16.0 Å². The lowest BCUT2D eigenvalue weighted by Gasteiger charge is -2.19. The molecule has 0 saturated heterocycles. The minimum Gasteiger partial charge on any atom is -0.399 e. The van der Waals surface area contributed by atoms with Crippen molar-refractivity contribution in [1.29, 1.82) is 0 Å². The molecule has 1 aromatic carbocycles. The number of amides is 1. The molecule has 21 heavy (non-hydrogen) atoms. The fourth-order valence-electron chi connectivity index (χ4n) is 2.25. The Morgan fingerprint density at radius 2 is 2.05 bits per heavy atom. The summed E-state index contributed by atoms with van der Waals surface area (Å²) in [6.45, 7) is 9.30. The Balaban J connectivity index is 2.43. The molecule has 5 heteroatoms. The predicted octanol–water partition coefficient (Wildman–Crippen LogP) is 2.65. The maximum atomic E-state index is 13.7. The van der Waals surface area contributed by atoms with E-state index in [0.29, 0.717) is 5.69 Å². The van der Waals surface area contributed by atoms with Crippen molar-refractivity contribution in [2.24, 2.45) is 0 Å². The number of nitrogens with zero attached hydrogens (tertiary/aromatic N) is 1. The molecule has 0 bridgehead atoms. The van der Waals surface area contributed by atoms with Gasteiger partial charge in [0.05, 0.1) is 5.56 Å². The lowest BCUT2D eigenvalue weighted by molar-refractivity contribution is 0.0933. The minimum absolute atomic E-state index is 0.0185. The first-order chi connectivity index (χ1) is 9.97. The smallest absolute Gasteiger partial charge is 0.254 e. The van der Waals surface area contributed by atoms with Crippen molar-refractivity contribution in [1.82, 2.24) is 10.2 Å². The lowest BCUT2D eigenvalue weighted by atomic mass is 10.1. The van der Waals surface area contributed by atoms with E-state index >= 15 is 0 Å². The van der Waals surface area contributed by atoms with Crippen molar-refractivity contribution in [2.75, 3.05) is 25.4 Å². The Bertz CT molecular complexity index is 461. The lowest BCUT2D eigenvalue weighted by Crippen LogP contribution is -2.34. The van der Waals surface area contributed by atoms with Gasteiger partial charge in [-0.05, 0) is 57.6 Å². The summed E-state index contributed by atoms with van der Waals surface area (Å²) >= 11 is 0. The molecule has 0 aliphatic carbocycles. The molecular formula is C16H26FN3O. The Hall–Kier alpha value is -1.62. The van der Waals surface area contributed by atoms with Gasteiger partial charge in [0, 0.05) is 11.7 Å². The van der Waals surface area contributed by atoms with Crippen LogP contribution in [0, 0.1) is 5.82 Å². The van der Waals surface area contributed by atoms with E-state index < -0.39 is 5.82 Å². The van der Waals surface area contributed by atoms with Gasteiger partial charge in [-0.3, -0.25) is 4.79 Å². The molecule has 1 unspecified atom stereocenters. The predicted molar refractivity (Wildman–Crippen MR) is 84.8 cm³/mol. The Kier molecular flexibility index (Phi) is 7.15. The number of nitrogen functional groups attached to an aromatic ring is 1. The van der Waals surface area contributed by atoms with E-state index in [4.69, 9.17) is 5.73 Å². The van der Waals surface area contributed by atoms with Gasteiger partial charge in [0.25, 0.3) is 5.91 Å². The molecule has 0 aromatic heterocycles. The van der Waals surface area contributed by atoms with Crippen LogP contribution in [0.3, 0.4) is 0 Å². The highest BCUT2D eigenvalue weighted by atomic mass is 19.1. The largest absolute Gasteiger partial charge is 0.399 e. The van der Waals surface area contributed by atoms with Crippen LogP contribution >= 0.6 is 0 Å². The first kappa shape index (κ1) is 17.4. The van der Waals surface area contributed by atoms with E-state index in [1.807, 2.05) is 6.92 Å². The highest BCUT2D eigenvalue weighted by Gasteiger charge is 2.14. The number of carbonyl (C=O) groups excluding carboxylic acids is 1. The maximum absolute atomic E-state index is 13.7. The molecule has 0 radical (unpaired) electrons. The molecule has 1 atom stereocenters. The molecular weight excluding hydrogens is 269 g/mol. The van der Waals surface area contributed by atoms with Gasteiger partial charge in [0.1, 0.15) is 5.82 Å². The van der Waals surface area contributed by atoms with Crippen LogP contribution in [0.1, 0.15) is 44.0 Å². The Morgan fingerprint density at radius 1 is 1.38 bits per heavy atom. The molecule has 0 heterocycles. The number of anilines is 1. The van der Waals surface area contributed by atoms with Crippen LogP contribution in [0.2, 0.25) is 0 Å². The van der Waals surface area contributed by atoms with Crippen LogP contribution in [-0.2, 0) is 0 Å². The summed E-state index contributed by atoms with van der Waals surface area (Å²) in [6, 6.07) is 4.14. The van der Waals surface area contributed by atoms with E-state index in [9.17, 15) is 9.18 Å². The molecule has 0 saturated carbocycles. The van der Waals surface area contributed by atoms with E-state index in [-0.39, 0.29) is 17.5 Å². The fraction of sp³-hybridized carbons (Fsp3) is 0.562. The van der Waals surface area contributed by atoms with Crippen molar-refractivity contribution >= 4 is 11.6 Å². The quantitative estimate of drug-likeness (QED) is 0.725. The molecule has 0 aliphatic heterocycles. The second-order valence-electron chi connectivity index (χ2n) is 5.28. The van der Waals surface area contributed by atoms with E-state index in [1.54, 1.807) is 0 Å². The Morgan fingerprint density at radius 3 is 2.62 bits per heavy atom. The molecule has 3 N–H and O–H groups in total. The first-order valence-electron chi connectivity index (χ1n) is 7.56. The monoisotopic (exact) mass is 295 g/mol. The number of rotatable bonds is 8. The number of benzene rings is 1. The normalized spacial score (nSPS) is 12.4.